The number of methoxy groups -OCH3 is 1. The third-order valence-electron chi connectivity index (χ3n) is 6.71. The van der Waals surface area contributed by atoms with Crippen LogP contribution in [0.25, 0.3) is 11.0 Å². The number of aryl methyl sites for hydroxylation is 1. The van der Waals surface area contributed by atoms with Gasteiger partial charge in [-0.3, -0.25) is 9.69 Å². The van der Waals surface area contributed by atoms with E-state index in [1.165, 1.54) is 36.9 Å². The summed E-state index contributed by atoms with van der Waals surface area (Å²) in [5.41, 5.74) is 3.49. The van der Waals surface area contributed by atoms with Gasteiger partial charge in [-0.25, -0.2) is 9.97 Å². The number of fused-ring (bicyclic) bond motifs is 1. The van der Waals surface area contributed by atoms with E-state index in [0.717, 1.165) is 37.0 Å². The predicted octanol–water partition coefficient (Wildman–Crippen LogP) is 3.20. The molecule has 8 nitrogen and oxygen atoms in total. The number of hydrogen-bond donors (Lipinski definition) is 0. The maximum Gasteiger partial charge on any atom is 0.320 e. The summed E-state index contributed by atoms with van der Waals surface area (Å²) in [4.78, 5) is 23.2. The SMILES string of the molecule is COCCOC(=O)CN1CCC(Oc2ncnc3c2c(C)c(C)n3C2CCCC2)CC1. The smallest absolute Gasteiger partial charge is 0.320 e. The van der Waals surface area contributed by atoms with Crippen molar-refractivity contribution in [1.82, 2.24) is 19.4 Å². The Balaban J connectivity index is 1.40. The van der Waals surface area contributed by atoms with E-state index in [1.807, 2.05) is 0 Å². The van der Waals surface area contributed by atoms with Gasteiger partial charge in [0.15, 0.2) is 0 Å². The van der Waals surface area contributed by atoms with Crippen molar-refractivity contribution >= 4 is 17.0 Å². The van der Waals surface area contributed by atoms with Gasteiger partial charge in [0.25, 0.3) is 0 Å². The van der Waals surface area contributed by atoms with E-state index in [2.05, 4.69) is 33.3 Å². The van der Waals surface area contributed by atoms with Crippen LogP contribution in [0, 0.1) is 13.8 Å². The van der Waals surface area contributed by atoms with Gasteiger partial charge in [0, 0.05) is 31.9 Å². The third kappa shape index (κ3) is 4.85. The number of piperidine rings is 1. The largest absolute Gasteiger partial charge is 0.474 e. The average molecular weight is 431 g/mol. The van der Waals surface area contributed by atoms with Gasteiger partial charge in [-0.2, -0.15) is 0 Å². The Labute approximate surface area is 183 Å². The molecule has 8 heteroatoms. The lowest BCUT2D eigenvalue weighted by molar-refractivity contribution is -0.146. The minimum atomic E-state index is -0.201. The fourth-order valence-corrected chi connectivity index (χ4v) is 4.90. The Morgan fingerprint density at radius 3 is 2.55 bits per heavy atom. The lowest BCUT2D eigenvalue weighted by Gasteiger charge is -2.31. The van der Waals surface area contributed by atoms with Crippen LogP contribution in [0.4, 0.5) is 0 Å². The van der Waals surface area contributed by atoms with E-state index >= 15 is 0 Å². The fourth-order valence-electron chi connectivity index (χ4n) is 4.90. The molecule has 4 rings (SSSR count). The van der Waals surface area contributed by atoms with Crippen LogP contribution < -0.4 is 4.74 Å². The van der Waals surface area contributed by atoms with Gasteiger partial charge >= 0.3 is 5.97 Å². The highest BCUT2D eigenvalue weighted by Gasteiger charge is 2.27. The average Bonchev–Trinajstić information content (AvgIpc) is 3.37. The monoisotopic (exact) mass is 430 g/mol. The van der Waals surface area contributed by atoms with E-state index in [9.17, 15) is 4.79 Å². The summed E-state index contributed by atoms with van der Waals surface area (Å²) in [5, 5.41) is 1.05. The third-order valence-corrected chi connectivity index (χ3v) is 6.71. The number of ether oxygens (including phenoxy) is 3. The Kier molecular flexibility index (Phi) is 7.07. The highest BCUT2D eigenvalue weighted by Crippen LogP contribution is 2.38. The van der Waals surface area contributed by atoms with Crippen LogP contribution in [-0.4, -0.2) is 71.5 Å². The van der Waals surface area contributed by atoms with Gasteiger partial charge in [-0.05, 0) is 45.1 Å². The summed E-state index contributed by atoms with van der Waals surface area (Å²) >= 11 is 0. The van der Waals surface area contributed by atoms with Crippen molar-refractivity contribution in [3.05, 3.63) is 17.6 Å². The van der Waals surface area contributed by atoms with Crippen LogP contribution in [0.3, 0.4) is 0 Å². The number of carbonyl (C=O) groups excluding carboxylic acids is 1. The summed E-state index contributed by atoms with van der Waals surface area (Å²) in [7, 11) is 1.59. The van der Waals surface area contributed by atoms with Gasteiger partial charge in [-0.15, -0.1) is 0 Å². The molecule has 0 bridgehead atoms. The molecule has 0 unspecified atom stereocenters. The summed E-state index contributed by atoms with van der Waals surface area (Å²) in [5.74, 6) is 0.494. The predicted molar refractivity (Wildman–Crippen MR) is 117 cm³/mol. The molecule has 1 saturated heterocycles. The Morgan fingerprint density at radius 2 is 1.84 bits per heavy atom. The van der Waals surface area contributed by atoms with Gasteiger partial charge < -0.3 is 18.8 Å². The molecule has 0 N–H and O–H groups in total. The van der Waals surface area contributed by atoms with E-state index in [0.29, 0.717) is 31.7 Å². The van der Waals surface area contributed by atoms with Crippen molar-refractivity contribution in [2.45, 2.75) is 64.5 Å². The summed E-state index contributed by atoms with van der Waals surface area (Å²) in [6.07, 6.45) is 8.45. The highest BCUT2D eigenvalue weighted by molar-refractivity contribution is 5.86. The first-order valence-electron chi connectivity index (χ1n) is 11.4. The second-order valence-electron chi connectivity index (χ2n) is 8.70. The van der Waals surface area contributed by atoms with Crippen molar-refractivity contribution in [2.24, 2.45) is 0 Å². The first-order valence-corrected chi connectivity index (χ1v) is 11.4. The Morgan fingerprint density at radius 1 is 1.10 bits per heavy atom. The van der Waals surface area contributed by atoms with E-state index in [4.69, 9.17) is 14.2 Å². The van der Waals surface area contributed by atoms with Crippen LogP contribution in [-0.2, 0) is 14.3 Å². The molecule has 2 aliphatic rings. The van der Waals surface area contributed by atoms with Gasteiger partial charge in [0.2, 0.25) is 5.88 Å². The molecule has 1 aliphatic carbocycles. The molecule has 0 radical (unpaired) electrons. The Hall–Kier alpha value is -2.19. The number of esters is 1. The number of nitrogens with zero attached hydrogens (tertiary/aromatic N) is 4. The molecule has 2 aromatic heterocycles. The topological polar surface area (TPSA) is 78.7 Å². The molecule has 0 atom stereocenters. The van der Waals surface area contributed by atoms with E-state index < -0.39 is 0 Å². The molecule has 170 valence electrons. The zero-order valence-corrected chi connectivity index (χ0v) is 18.9. The molecular weight excluding hydrogens is 396 g/mol. The van der Waals surface area contributed by atoms with Crippen molar-refractivity contribution in [3.8, 4) is 5.88 Å². The number of carbonyl (C=O) groups is 1. The molecular formula is C23H34N4O4. The summed E-state index contributed by atoms with van der Waals surface area (Å²) in [6.45, 7) is 6.99. The van der Waals surface area contributed by atoms with Crippen molar-refractivity contribution in [2.75, 3.05) is 40.0 Å². The van der Waals surface area contributed by atoms with Crippen LogP contribution >= 0.6 is 0 Å². The lowest BCUT2D eigenvalue weighted by Crippen LogP contribution is -2.41. The molecule has 0 spiro atoms. The fraction of sp³-hybridized carbons (Fsp3) is 0.696. The zero-order valence-electron chi connectivity index (χ0n) is 18.9. The van der Waals surface area contributed by atoms with E-state index in [-0.39, 0.29) is 12.1 Å². The highest BCUT2D eigenvalue weighted by atomic mass is 16.6. The first-order chi connectivity index (χ1) is 15.1. The molecule has 3 heterocycles. The second-order valence-corrected chi connectivity index (χ2v) is 8.70. The molecule has 0 aromatic carbocycles. The summed E-state index contributed by atoms with van der Waals surface area (Å²) < 4.78 is 18.9. The standard InChI is InChI=1S/C23H34N4O4/c1-16-17(2)27(18-6-4-5-7-18)22-21(16)23(25-15-24-22)31-19-8-10-26(11-9-19)14-20(28)30-13-12-29-3/h15,18-19H,4-14H2,1-3H3. The lowest BCUT2D eigenvalue weighted by atomic mass is 10.1. The minimum Gasteiger partial charge on any atom is -0.474 e. The maximum atomic E-state index is 11.9. The Bertz CT molecular complexity index is 899. The van der Waals surface area contributed by atoms with Crippen LogP contribution in [0.5, 0.6) is 5.88 Å². The van der Waals surface area contributed by atoms with E-state index in [1.54, 1.807) is 13.4 Å². The van der Waals surface area contributed by atoms with Gasteiger partial charge in [-0.1, -0.05) is 12.8 Å². The number of aromatic nitrogens is 3. The quantitative estimate of drug-likeness (QED) is 0.470. The minimum absolute atomic E-state index is 0.0911. The zero-order chi connectivity index (χ0) is 21.8. The van der Waals surface area contributed by atoms with Gasteiger partial charge in [0.1, 0.15) is 24.7 Å². The number of rotatable bonds is 8. The second kappa shape index (κ2) is 9.96. The van der Waals surface area contributed by atoms with Crippen LogP contribution in [0.15, 0.2) is 6.33 Å². The molecule has 1 saturated carbocycles. The normalized spacial score (nSPS) is 18.7. The van der Waals surface area contributed by atoms with Crippen LogP contribution in [0.2, 0.25) is 0 Å². The molecule has 0 amide bonds. The van der Waals surface area contributed by atoms with Crippen molar-refractivity contribution in [3.63, 3.8) is 0 Å². The van der Waals surface area contributed by atoms with Crippen molar-refractivity contribution in [1.29, 1.82) is 0 Å². The number of likely N-dealkylation sites (tertiary alicyclic amines) is 1. The first kappa shape index (κ1) is 22.0. The van der Waals surface area contributed by atoms with Crippen molar-refractivity contribution < 1.29 is 19.0 Å². The number of hydrogen-bond acceptors (Lipinski definition) is 7. The maximum absolute atomic E-state index is 11.9. The van der Waals surface area contributed by atoms with Gasteiger partial charge in [0.05, 0.1) is 18.5 Å². The summed E-state index contributed by atoms with van der Waals surface area (Å²) in [6, 6.07) is 0.533. The molecule has 1 aliphatic heterocycles. The van der Waals surface area contributed by atoms with Crippen LogP contribution in [0.1, 0.15) is 55.8 Å². The molecule has 31 heavy (non-hydrogen) atoms. The molecule has 2 fully saturated rings. The molecule has 2 aromatic rings.